The number of piperidine rings is 1. The van der Waals surface area contributed by atoms with Crippen molar-refractivity contribution in [1.29, 1.82) is 0 Å². The fourth-order valence-corrected chi connectivity index (χ4v) is 2.50. The summed E-state index contributed by atoms with van der Waals surface area (Å²) in [4.78, 5) is 10.3. The molecule has 1 aliphatic rings. The molecule has 0 amide bonds. The number of aliphatic hydroxyl groups is 1. The summed E-state index contributed by atoms with van der Waals surface area (Å²) in [5.41, 5.74) is 0.536. The Morgan fingerprint density at radius 2 is 1.76 bits per heavy atom. The Morgan fingerprint density at radius 1 is 1.18 bits per heavy atom. The van der Waals surface area contributed by atoms with E-state index in [1.54, 1.807) is 12.4 Å². The zero-order chi connectivity index (χ0) is 12.3. The van der Waals surface area contributed by atoms with Gasteiger partial charge in [-0.1, -0.05) is 6.42 Å². The van der Waals surface area contributed by atoms with Gasteiger partial charge in [0.25, 0.3) is 0 Å². The van der Waals surface area contributed by atoms with E-state index in [-0.39, 0.29) is 5.54 Å². The fraction of sp³-hybridized carbons (Fsp3) is 0.692. The highest BCUT2D eigenvalue weighted by Crippen LogP contribution is 2.32. The lowest BCUT2D eigenvalue weighted by atomic mass is 9.89. The monoisotopic (exact) mass is 235 g/mol. The lowest BCUT2D eigenvalue weighted by Gasteiger charge is -2.43. The lowest BCUT2D eigenvalue weighted by molar-refractivity contribution is -0.0212. The third kappa shape index (κ3) is 2.64. The first-order chi connectivity index (χ1) is 8.12. The highest BCUT2D eigenvalue weighted by atomic mass is 16.3. The first-order valence-electron chi connectivity index (χ1n) is 6.30. The molecule has 0 aromatic carbocycles. The predicted molar refractivity (Wildman–Crippen MR) is 66.5 cm³/mol. The summed E-state index contributed by atoms with van der Waals surface area (Å²) in [7, 11) is 0. The first-order valence-corrected chi connectivity index (χ1v) is 6.30. The van der Waals surface area contributed by atoms with Gasteiger partial charge in [0.2, 0.25) is 0 Å². The Kier molecular flexibility index (Phi) is 3.74. The molecule has 0 saturated carbocycles. The standard InChI is InChI=1S/C13H21N3O/c1-13(2,16-6-4-3-5-7-16)12(17)11-8-14-10-15-9-11/h8-10,12,17H,3-7H2,1-2H3. The van der Waals surface area contributed by atoms with Gasteiger partial charge in [-0.3, -0.25) is 4.90 Å². The quantitative estimate of drug-likeness (QED) is 0.867. The van der Waals surface area contributed by atoms with Crippen molar-refractivity contribution < 1.29 is 5.11 Å². The van der Waals surface area contributed by atoms with Crippen LogP contribution in [0.1, 0.15) is 44.8 Å². The van der Waals surface area contributed by atoms with Crippen LogP contribution < -0.4 is 0 Å². The molecule has 4 heteroatoms. The van der Waals surface area contributed by atoms with Gasteiger partial charge in [0.05, 0.1) is 6.10 Å². The van der Waals surface area contributed by atoms with Crippen LogP contribution in [-0.2, 0) is 0 Å². The van der Waals surface area contributed by atoms with Crippen molar-refractivity contribution in [3.05, 3.63) is 24.3 Å². The van der Waals surface area contributed by atoms with Crippen molar-refractivity contribution in [3.8, 4) is 0 Å². The second-order valence-electron chi connectivity index (χ2n) is 5.28. The molecule has 4 nitrogen and oxygen atoms in total. The molecule has 0 bridgehead atoms. The summed E-state index contributed by atoms with van der Waals surface area (Å²) in [5.74, 6) is 0. The van der Waals surface area contributed by atoms with Gasteiger partial charge in [0, 0.05) is 23.5 Å². The Morgan fingerprint density at radius 3 is 2.35 bits per heavy atom. The van der Waals surface area contributed by atoms with Crippen molar-refractivity contribution in [2.75, 3.05) is 13.1 Å². The number of aromatic nitrogens is 2. The minimum Gasteiger partial charge on any atom is -0.386 e. The zero-order valence-electron chi connectivity index (χ0n) is 10.6. The van der Waals surface area contributed by atoms with Crippen molar-refractivity contribution in [2.24, 2.45) is 0 Å². The minimum absolute atomic E-state index is 0.259. The van der Waals surface area contributed by atoms with E-state index in [0.717, 1.165) is 18.7 Å². The van der Waals surface area contributed by atoms with Crippen LogP contribution in [0.25, 0.3) is 0 Å². The maximum absolute atomic E-state index is 10.5. The molecule has 1 fully saturated rings. The average molecular weight is 235 g/mol. The molecule has 1 saturated heterocycles. The first kappa shape index (κ1) is 12.5. The molecule has 1 atom stereocenters. The van der Waals surface area contributed by atoms with Gasteiger partial charge in [-0.2, -0.15) is 0 Å². The molecule has 1 aliphatic heterocycles. The molecule has 17 heavy (non-hydrogen) atoms. The minimum atomic E-state index is -0.540. The molecule has 1 aromatic rings. The zero-order valence-corrected chi connectivity index (χ0v) is 10.6. The van der Waals surface area contributed by atoms with Gasteiger partial charge in [0.1, 0.15) is 6.33 Å². The van der Waals surface area contributed by atoms with Crippen LogP contribution >= 0.6 is 0 Å². The number of hydrogen-bond donors (Lipinski definition) is 1. The largest absolute Gasteiger partial charge is 0.386 e. The topological polar surface area (TPSA) is 49.3 Å². The van der Waals surface area contributed by atoms with E-state index in [2.05, 4.69) is 28.7 Å². The van der Waals surface area contributed by atoms with Crippen LogP contribution in [0.5, 0.6) is 0 Å². The highest BCUT2D eigenvalue weighted by molar-refractivity contribution is 5.12. The van der Waals surface area contributed by atoms with Crippen LogP contribution in [0.15, 0.2) is 18.7 Å². The van der Waals surface area contributed by atoms with Gasteiger partial charge in [-0.25, -0.2) is 9.97 Å². The fourth-order valence-electron chi connectivity index (χ4n) is 2.50. The SMILES string of the molecule is CC(C)(C(O)c1cncnc1)N1CCCCC1. The van der Waals surface area contributed by atoms with Gasteiger partial charge >= 0.3 is 0 Å². The van der Waals surface area contributed by atoms with Gasteiger partial charge < -0.3 is 5.11 Å². The van der Waals surface area contributed by atoms with Crippen molar-refractivity contribution >= 4 is 0 Å². The van der Waals surface area contributed by atoms with Gasteiger partial charge in [-0.15, -0.1) is 0 Å². The summed E-state index contributed by atoms with van der Waals surface area (Å²) in [6.07, 6.45) is 8.10. The van der Waals surface area contributed by atoms with Gasteiger partial charge in [0.15, 0.2) is 0 Å². The molecule has 1 aromatic heterocycles. The highest BCUT2D eigenvalue weighted by Gasteiger charge is 2.35. The van der Waals surface area contributed by atoms with E-state index in [1.165, 1.54) is 25.6 Å². The molecule has 1 unspecified atom stereocenters. The van der Waals surface area contributed by atoms with Gasteiger partial charge in [-0.05, 0) is 39.8 Å². The summed E-state index contributed by atoms with van der Waals surface area (Å²) in [5, 5.41) is 10.5. The second-order valence-corrected chi connectivity index (χ2v) is 5.28. The summed E-state index contributed by atoms with van der Waals surface area (Å²) in [6.45, 7) is 6.32. The van der Waals surface area contributed by atoms with E-state index in [1.807, 2.05) is 0 Å². The maximum atomic E-state index is 10.5. The predicted octanol–water partition coefficient (Wildman–Crippen LogP) is 1.77. The Hall–Kier alpha value is -1.00. The number of rotatable bonds is 3. The molecular weight excluding hydrogens is 214 g/mol. The number of aliphatic hydroxyl groups excluding tert-OH is 1. The van der Waals surface area contributed by atoms with E-state index in [0.29, 0.717) is 0 Å². The maximum Gasteiger partial charge on any atom is 0.115 e. The third-order valence-corrected chi connectivity index (χ3v) is 3.74. The van der Waals surface area contributed by atoms with Crippen LogP contribution in [0.2, 0.25) is 0 Å². The van der Waals surface area contributed by atoms with Crippen LogP contribution in [0, 0.1) is 0 Å². The third-order valence-electron chi connectivity index (χ3n) is 3.74. The molecule has 94 valence electrons. The Bertz CT molecular complexity index is 347. The molecule has 0 spiro atoms. The van der Waals surface area contributed by atoms with Crippen molar-refractivity contribution in [1.82, 2.24) is 14.9 Å². The van der Waals surface area contributed by atoms with Crippen LogP contribution in [0.4, 0.5) is 0 Å². The number of hydrogen-bond acceptors (Lipinski definition) is 4. The molecule has 0 aliphatic carbocycles. The lowest BCUT2D eigenvalue weighted by Crippen LogP contribution is -2.50. The molecule has 2 heterocycles. The van der Waals surface area contributed by atoms with E-state index < -0.39 is 6.10 Å². The van der Waals surface area contributed by atoms with E-state index in [9.17, 15) is 5.11 Å². The number of nitrogens with zero attached hydrogens (tertiary/aromatic N) is 3. The van der Waals surface area contributed by atoms with Crippen molar-refractivity contribution in [2.45, 2.75) is 44.8 Å². The summed E-state index contributed by atoms with van der Waals surface area (Å²) >= 11 is 0. The number of likely N-dealkylation sites (tertiary alicyclic amines) is 1. The second kappa shape index (κ2) is 5.10. The molecule has 0 radical (unpaired) electrons. The molecule has 1 N–H and O–H groups in total. The molecule has 2 rings (SSSR count). The van der Waals surface area contributed by atoms with E-state index in [4.69, 9.17) is 0 Å². The smallest absolute Gasteiger partial charge is 0.115 e. The normalized spacial score (nSPS) is 20.2. The average Bonchev–Trinajstić information content (AvgIpc) is 2.40. The Balaban J connectivity index is 2.13. The van der Waals surface area contributed by atoms with Crippen LogP contribution in [0.3, 0.4) is 0 Å². The van der Waals surface area contributed by atoms with E-state index >= 15 is 0 Å². The Labute approximate surface area is 103 Å². The molecular formula is C13H21N3O. The summed E-state index contributed by atoms with van der Waals surface area (Å²) in [6, 6.07) is 0. The van der Waals surface area contributed by atoms with Crippen LogP contribution in [-0.4, -0.2) is 38.6 Å². The van der Waals surface area contributed by atoms with Crippen molar-refractivity contribution in [3.63, 3.8) is 0 Å². The summed E-state index contributed by atoms with van der Waals surface area (Å²) < 4.78 is 0.